The van der Waals surface area contributed by atoms with Gasteiger partial charge in [-0.25, -0.2) is 4.99 Å². The van der Waals surface area contributed by atoms with Crippen molar-refractivity contribution in [3.8, 4) is 5.75 Å². The summed E-state index contributed by atoms with van der Waals surface area (Å²) in [6.45, 7) is 9.07. The molecule has 1 aromatic carbocycles. The Balaban J connectivity index is 0.00000324. The largest absolute Gasteiger partial charge is 0.492 e. The molecule has 0 aliphatic heterocycles. The molecule has 0 saturated carbocycles. The number of ether oxygens (including phenoxy) is 1. The molecule has 0 aliphatic rings. The summed E-state index contributed by atoms with van der Waals surface area (Å²) in [6, 6.07) is 7.99. The lowest BCUT2D eigenvalue weighted by molar-refractivity contribution is 0.327. The van der Waals surface area contributed by atoms with Crippen LogP contribution in [0.4, 0.5) is 0 Å². The zero-order chi connectivity index (χ0) is 13.4. The first-order chi connectivity index (χ1) is 8.67. The number of halogens is 1. The van der Waals surface area contributed by atoms with E-state index >= 15 is 0 Å². The summed E-state index contributed by atoms with van der Waals surface area (Å²) in [5, 5.41) is 0. The van der Waals surface area contributed by atoms with Crippen LogP contribution in [0, 0.1) is 6.92 Å². The molecular weight excluding hydrogens is 353 g/mol. The normalized spacial score (nSPS) is 10.8. The molecule has 0 radical (unpaired) electrons. The molecular formula is C14H24IN3O. The van der Waals surface area contributed by atoms with Crippen LogP contribution < -0.4 is 10.5 Å². The van der Waals surface area contributed by atoms with Crippen LogP contribution in [0.5, 0.6) is 5.75 Å². The summed E-state index contributed by atoms with van der Waals surface area (Å²) >= 11 is 0. The predicted octanol–water partition coefficient (Wildman–Crippen LogP) is 2.65. The van der Waals surface area contributed by atoms with Gasteiger partial charge in [0.25, 0.3) is 0 Å². The van der Waals surface area contributed by atoms with E-state index in [1.54, 1.807) is 0 Å². The number of rotatable bonds is 6. The van der Waals surface area contributed by atoms with Crippen LogP contribution in [-0.2, 0) is 0 Å². The average molecular weight is 377 g/mol. The van der Waals surface area contributed by atoms with E-state index in [2.05, 4.69) is 25.8 Å². The maximum absolute atomic E-state index is 5.86. The topological polar surface area (TPSA) is 50.8 Å². The molecule has 108 valence electrons. The standard InChI is InChI=1S/C14H23N3O.HI/c1-4-17(5-2)14(15)16-10-11-18-13-8-6-12(3)7-9-13;/h6-9H,4-5,10-11H2,1-3H3,(H2,15,16);1H. The first kappa shape index (κ1) is 18.0. The second-order valence-electron chi connectivity index (χ2n) is 4.07. The van der Waals surface area contributed by atoms with E-state index in [1.807, 2.05) is 29.2 Å². The summed E-state index contributed by atoms with van der Waals surface area (Å²) in [4.78, 5) is 6.31. The molecule has 2 N–H and O–H groups in total. The minimum atomic E-state index is 0. The van der Waals surface area contributed by atoms with Gasteiger partial charge in [0.05, 0.1) is 6.54 Å². The van der Waals surface area contributed by atoms with Crippen molar-refractivity contribution in [2.75, 3.05) is 26.2 Å². The fourth-order valence-electron chi connectivity index (χ4n) is 1.61. The third kappa shape index (κ3) is 6.66. The number of nitrogens with two attached hydrogens (primary N) is 1. The van der Waals surface area contributed by atoms with Crippen LogP contribution >= 0.6 is 24.0 Å². The Morgan fingerprint density at radius 1 is 1.21 bits per heavy atom. The molecule has 0 aromatic heterocycles. The van der Waals surface area contributed by atoms with Crippen molar-refractivity contribution in [3.63, 3.8) is 0 Å². The molecule has 0 spiro atoms. The Morgan fingerprint density at radius 2 is 1.79 bits per heavy atom. The van der Waals surface area contributed by atoms with E-state index in [0.29, 0.717) is 19.1 Å². The zero-order valence-corrected chi connectivity index (χ0v) is 14.3. The smallest absolute Gasteiger partial charge is 0.191 e. The molecule has 1 rings (SSSR count). The van der Waals surface area contributed by atoms with Gasteiger partial charge in [0.1, 0.15) is 12.4 Å². The third-order valence-electron chi connectivity index (χ3n) is 2.74. The number of aryl methyl sites for hydroxylation is 1. The van der Waals surface area contributed by atoms with Crippen molar-refractivity contribution in [3.05, 3.63) is 29.8 Å². The van der Waals surface area contributed by atoms with E-state index in [0.717, 1.165) is 18.8 Å². The van der Waals surface area contributed by atoms with Gasteiger partial charge in [0, 0.05) is 13.1 Å². The average Bonchev–Trinajstić information content (AvgIpc) is 2.38. The molecule has 0 bridgehead atoms. The Hall–Kier alpha value is -0.980. The molecule has 0 aliphatic carbocycles. The number of nitrogens with zero attached hydrogens (tertiary/aromatic N) is 2. The van der Waals surface area contributed by atoms with Crippen LogP contribution in [-0.4, -0.2) is 37.1 Å². The summed E-state index contributed by atoms with van der Waals surface area (Å²) in [5.74, 6) is 1.46. The summed E-state index contributed by atoms with van der Waals surface area (Å²) in [7, 11) is 0. The molecule has 19 heavy (non-hydrogen) atoms. The summed E-state index contributed by atoms with van der Waals surface area (Å²) in [5.41, 5.74) is 7.09. The second-order valence-corrected chi connectivity index (χ2v) is 4.07. The summed E-state index contributed by atoms with van der Waals surface area (Å²) in [6.07, 6.45) is 0. The van der Waals surface area contributed by atoms with Crippen LogP contribution in [0.1, 0.15) is 19.4 Å². The van der Waals surface area contributed by atoms with Crippen molar-refractivity contribution < 1.29 is 4.74 Å². The lowest BCUT2D eigenvalue weighted by atomic mass is 10.2. The molecule has 0 saturated heterocycles. The highest BCUT2D eigenvalue weighted by Gasteiger charge is 2.01. The maximum Gasteiger partial charge on any atom is 0.191 e. The van der Waals surface area contributed by atoms with Gasteiger partial charge >= 0.3 is 0 Å². The van der Waals surface area contributed by atoms with Crippen LogP contribution in [0.3, 0.4) is 0 Å². The fourth-order valence-corrected chi connectivity index (χ4v) is 1.61. The summed E-state index contributed by atoms with van der Waals surface area (Å²) < 4.78 is 5.58. The highest BCUT2D eigenvalue weighted by atomic mass is 127. The number of guanidine groups is 1. The second kappa shape index (κ2) is 9.89. The molecule has 0 heterocycles. The van der Waals surface area contributed by atoms with Crippen molar-refractivity contribution in [2.45, 2.75) is 20.8 Å². The van der Waals surface area contributed by atoms with Gasteiger partial charge < -0.3 is 15.4 Å². The Kier molecular flexibility index (Phi) is 9.38. The first-order valence-electron chi connectivity index (χ1n) is 6.41. The quantitative estimate of drug-likeness (QED) is 0.359. The number of hydrogen-bond donors (Lipinski definition) is 1. The van der Waals surface area contributed by atoms with Gasteiger partial charge in [0.2, 0.25) is 0 Å². The SMILES string of the molecule is CCN(CC)C(N)=NCCOc1ccc(C)cc1.I. The lowest BCUT2D eigenvalue weighted by Crippen LogP contribution is -2.37. The van der Waals surface area contributed by atoms with Crippen molar-refractivity contribution in [2.24, 2.45) is 10.7 Å². The predicted molar refractivity (Wildman–Crippen MR) is 91.5 cm³/mol. The van der Waals surface area contributed by atoms with Gasteiger partial charge in [0.15, 0.2) is 5.96 Å². The highest BCUT2D eigenvalue weighted by molar-refractivity contribution is 14.0. The van der Waals surface area contributed by atoms with Gasteiger partial charge in [-0.2, -0.15) is 0 Å². The molecule has 0 amide bonds. The Morgan fingerprint density at radius 3 is 2.32 bits per heavy atom. The molecule has 1 aromatic rings. The number of benzene rings is 1. The monoisotopic (exact) mass is 377 g/mol. The van der Waals surface area contributed by atoms with Gasteiger partial charge in [-0.15, -0.1) is 24.0 Å². The van der Waals surface area contributed by atoms with Crippen LogP contribution in [0.25, 0.3) is 0 Å². The van der Waals surface area contributed by atoms with E-state index in [1.165, 1.54) is 5.56 Å². The van der Waals surface area contributed by atoms with Crippen LogP contribution in [0.15, 0.2) is 29.3 Å². The minimum absolute atomic E-state index is 0. The highest BCUT2D eigenvalue weighted by Crippen LogP contribution is 2.10. The Labute approximate surface area is 133 Å². The molecule has 0 atom stereocenters. The molecule has 4 nitrogen and oxygen atoms in total. The number of aliphatic imine (C=N–C) groups is 1. The zero-order valence-electron chi connectivity index (χ0n) is 11.9. The maximum atomic E-state index is 5.86. The number of hydrogen-bond acceptors (Lipinski definition) is 2. The van der Waals surface area contributed by atoms with Crippen molar-refractivity contribution in [1.82, 2.24) is 4.90 Å². The van der Waals surface area contributed by atoms with Gasteiger partial charge in [-0.05, 0) is 32.9 Å². The van der Waals surface area contributed by atoms with E-state index < -0.39 is 0 Å². The van der Waals surface area contributed by atoms with Crippen LogP contribution in [0.2, 0.25) is 0 Å². The fraction of sp³-hybridized carbons (Fsp3) is 0.500. The minimum Gasteiger partial charge on any atom is -0.492 e. The lowest BCUT2D eigenvalue weighted by Gasteiger charge is -2.19. The van der Waals surface area contributed by atoms with Gasteiger partial charge in [-0.3, -0.25) is 0 Å². The van der Waals surface area contributed by atoms with E-state index in [4.69, 9.17) is 10.5 Å². The van der Waals surface area contributed by atoms with Crippen molar-refractivity contribution >= 4 is 29.9 Å². The molecule has 0 unspecified atom stereocenters. The van der Waals surface area contributed by atoms with E-state index in [-0.39, 0.29) is 24.0 Å². The van der Waals surface area contributed by atoms with E-state index in [9.17, 15) is 0 Å². The first-order valence-corrected chi connectivity index (χ1v) is 6.41. The Bertz CT molecular complexity index is 375. The third-order valence-corrected chi connectivity index (χ3v) is 2.74. The van der Waals surface area contributed by atoms with Gasteiger partial charge in [-0.1, -0.05) is 17.7 Å². The van der Waals surface area contributed by atoms with Crippen molar-refractivity contribution in [1.29, 1.82) is 0 Å². The molecule has 0 fully saturated rings. The molecule has 5 heteroatoms.